The average Bonchev–Trinajstić information content (AvgIpc) is 2.39. The minimum Gasteiger partial charge on any atom is -0.318 e. The van der Waals surface area contributed by atoms with E-state index in [9.17, 15) is 13.2 Å². The highest BCUT2D eigenvalue weighted by Gasteiger charge is 2.27. The summed E-state index contributed by atoms with van der Waals surface area (Å²) in [6.07, 6.45) is 4.32. The first-order valence-corrected chi connectivity index (χ1v) is 8.02. The molecule has 0 fully saturated rings. The second-order valence-electron chi connectivity index (χ2n) is 4.91. The summed E-state index contributed by atoms with van der Waals surface area (Å²) >= 11 is 0. The normalized spacial score (nSPS) is 18.3. The molecule has 0 aliphatic heterocycles. The number of carbonyl (C=O) groups excluding carboxylic acids is 1. The molecule has 20 heavy (non-hydrogen) atoms. The number of hydrogen-bond acceptors (Lipinski definition) is 4. The topological polar surface area (TPSA) is 77.2 Å². The lowest BCUT2D eigenvalue weighted by molar-refractivity contribution is 0.0976. The molecule has 5 heteroatoms. The molecule has 1 unspecified atom stereocenters. The van der Waals surface area contributed by atoms with Gasteiger partial charge in [-0.2, -0.15) is 0 Å². The zero-order chi connectivity index (χ0) is 14.5. The van der Waals surface area contributed by atoms with Crippen LogP contribution in [0.1, 0.15) is 15.9 Å². The van der Waals surface area contributed by atoms with Crippen molar-refractivity contribution >= 4 is 32.5 Å². The van der Waals surface area contributed by atoms with Crippen LogP contribution in [0.25, 0.3) is 16.8 Å². The molecule has 1 aliphatic rings. The monoisotopic (exact) mass is 287 g/mol. The van der Waals surface area contributed by atoms with Crippen molar-refractivity contribution < 1.29 is 13.2 Å². The van der Waals surface area contributed by atoms with E-state index in [0.717, 1.165) is 11.6 Å². The van der Waals surface area contributed by atoms with Gasteiger partial charge in [0.1, 0.15) is 0 Å². The number of carbonyl (C=O) groups is 1. The Labute approximate surface area is 116 Å². The van der Waals surface area contributed by atoms with Crippen LogP contribution in [0.2, 0.25) is 0 Å². The van der Waals surface area contributed by atoms with Gasteiger partial charge in [0.15, 0.2) is 15.6 Å². The van der Waals surface area contributed by atoms with E-state index in [2.05, 4.69) is 0 Å². The number of nitrogens with two attached hydrogens (primary N) is 1. The minimum absolute atomic E-state index is 0.196. The lowest BCUT2D eigenvalue weighted by atomic mass is 9.90. The van der Waals surface area contributed by atoms with Crippen molar-refractivity contribution in [1.82, 2.24) is 0 Å². The first-order valence-electron chi connectivity index (χ1n) is 6.13. The smallest absolute Gasteiger partial charge is 0.184 e. The van der Waals surface area contributed by atoms with Crippen LogP contribution < -0.4 is 5.73 Å². The third kappa shape index (κ3) is 1.87. The van der Waals surface area contributed by atoms with E-state index in [0.29, 0.717) is 16.5 Å². The van der Waals surface area contributed by atoms with Crippen molar-refractivity contribution in [2.24, 2.45) is 5.73 Å². The van der Waals surface area contributed by atoms with Crippen molar-refractivity contribution in [2.45, 2.75) is 10.9 Å². The standard InChI is InChI=1S/C15H13NO3S/c1-20(18,19)15-10-5-3-2-4-9(10)8-12-11(15)6-7-13(16)14(12)17/h2-8,13H,16H2,1H3. The van der Waals surface area contributed by atoms with Crippen LogP contribution in [0.3, 0.4) is 0 Å². The van der Waals surface area contributed by atoms with Crippen LogP contribution in [-0.4, -0.2) is 26.5 Å². The Morgan fingerprint density at radius 1 is 1.20 bits per heavy atom. The highest BCUT2D eigenvalue weighted by molar-refractivity contribution is 7.91. The summed E-state index contributed by atoms with van der Waals surface area (Å²) in [4.78, 5) is 12.4. The molecule has 1 atom stereocenters. The Kier molecular flexibility index (Phi) is 2.77. The van der Waals surface area contributed by atoms with E-state index in [1.165, 1.54) is 6.08 Å². The molecule has 0 spiro atoms. The van der Waals surface area contributed by atoms with Gasteiger partial charge in [0, 0.05) is 22.8 Å². The molecule has 0 bridgehead atoms. The quantitative estimate of drug-likeness (QED) is 0.867. The Bertz CT molecular complexity index is 866. The highest BCUT2D eigenvalue weighted by Crippen LogP contribution is 2.33. The SMILES string of the molecule is CS(=O)(=O)c1c2c(cc3ccccc13)C(=O)C(N)C=C2. The van der Waals surface area contributed by atoms with Crippen molar-refractivity contribution in [2.75, 3.05) is 6.26 Å². The van der Waals surface area contributed by atoms with Gasteiger partial charge in [0.2, 0.25) is 0 Å². The third-order valence-electron chi connectivity index (χ3n) is 3.45. The van der Waals surface area contributed by atoms with Gasteiger partial charge in [-0.05, 0) is 11.5 Å². The maximum Gasteiger partial charge on any atom is 0.184 e. The summed E-state index contributed by atoms with van der Waals surface area (Å²) in [5, 5.41) is 1.35. The molecule has 1 aliphatic carbocycles. The fraction of sp³-hybridized carbons (Fsp3) is 0.133. The maximum atomic E-state index is 12.2. The number of fused-ring (bicyclic) bond motifs is 2. The van der Waals surface area contributed by atoms with E-state index in [1.807, 2.05) is 6.07 Å². The molecule has 4 nitrogen and oxygen atoms in total. The molecule has 0 heterocycles. The summed E-state index contributed by atoms with van der Waals surface area (Å²) in [5.74, 6) is -0.252. The molecule has 0 aromatic heterocycles. The number of Topliss-reactive ketones (excluding diaryl/α,β-unsaturated/α-hetero) is 1. The van der Waals surface area contributed by atoms with Crippen LogP contribution in [0.5, 0.6) is 0 Å². The Balaban J connectivity index is 2.54. The van der Waals surface area contributed by atoms with Gasteiger partial charge in [0.05, 0.1) is 10.9 Å². The van der Waals surface area contributed by atoms with Gasteiger partial charge in [-0.15, -0.1) is 0 Å². The van der Waals surface area contributed by atoms with Gasteiger partial charge in [0.25, 0.3) is 0 Å². The van der Waals surface area contributed by atoms with Crippen LogP contribution in [0.4, 0.5) is 0 Å². The zero-order valence-electron chi connectivity index (χ0n) is 10.8. The number of benzene rings is 2. The molecular formula is C15H13NO3S. The Morgan fingerprint density at radius 2 is 1.90 bits per heavy atom. The summed E-state index contributed by atoms with van der Waals surface area (Å²) in [6, 6.07) is 8.13. The summed E-state index contributed by atoms with van der Waals surface area (Å²) in [6.45, 7) is 0. The Morgan fingerprint density at radius 3 is 2.60 bits per heavy atom. The van der Waals surface area contributed by atoms with Crippen molar-refractivity contribution in [3.8, 4) is 0 Å². The van der Waals surface area contributed by atoms with Crippen LogP contribution >= 0.6 is 0 Å². The summed E-state index contributed by atoms with van der Waals surface area (Å²) in [5.41, 5.74) is 6.53. The van der Waals surface area contributed by atoms with E-state index in [4.69, 9.17) is 5.73 Å². The molecule has 0 radical (unpaired) electrons. The average molecular weight is 287 g/mol. The fourth-order valence-corrected chi connectivity index (χ4v) is 3.73. The van der Waals surface area contributed by atoms with Crippen molar-refractivity contribution in [3.63, 3.8) is 0 Å². The van der Waals surface area contributed by atoms with E-state index >= 15 is 0 Å². The molecular weight excluding hydrogens is 274 g/mol. The predicted molar refractivity (Wildman–Crippen MR) is 78.4 cm³/mol. The number of hydrogen-bond donors (Lipinski definition) is 1. The predicted octanol–water partition coefficient (Wildman–Crippen LogP) is 1.78. The van der Waals surface area contributed by atoms with Crippen LogP contribution in [0, 0.1) is 0 Å². The van der Waals surface area contributed by atoms with Gasteiger partial charge in [-0.3, -0.25) is 4.79 Å². The van der Waals surface area contributed by atoms with Gasteiger partial charge in [-0.1, -0.05) is 36.4 Å². The van der Waals surface area contributed by atoms with Gasteiger partial charge in [-0.25, -0.2) is 8.42 Å². The lowest BCUT2D eigenvalue weighted by Gasteiger charge is -2.19. The first kappa shape index (κ1) is 13.0. The zero-order valence-corrected chi connectivity index (χ0v) is 11.6. The summed E-state index contributed by atoms with van der Waals surface area (Å²) in [7, 11) is -3.46. The largest absolute Gasteiger partial charge is 0.318 e. The van der Waals surface area contributed by atoms with Crippen molar-refractivity contribution in [3.05, 3.63) is 47.5 Å². The van der Waals surface area contributed by atoms with Crippen LogP contribution in [0.15, 0.2) is 41.3 Å². The molecule has 2 N–H and O–H groups in total. The van der Waals surface area contributed by atoms with Gasteiger partial charge >= 0.3 is 0 Å². The molecule has 3 rings (SSSR count). The summed E-state index contributed by atoms with van der Waals surface area (Å²) < 4.78 is 24.3. The number of sulfone groups is 1. The second kappa shape index (κ2) is 4.26. The molecule has 0 amide bonds. The Hall–Kier alpha value is -1.98. The molecule has 102 valence electrons. The molecule has 2 aromatic carbocycles. The van der Waals surface area contributed by atoms with Crippen LogP contribution in [-0.2, 0) is 9.84 Å². The van der Waals surface area contributed by atoms with E-state index in [1.54, 1.807) is 30.3 Å². The maximum absolute atomic E-state index is 12.2. The first-order chi connectivity index (χ1) is 9.39. The molecule has 0 saturated heterocycles. The fourth-order valence-electron chi connectivity index (χ4n) is 2.57. The third-order valence-corrected chi connectivity index (χ3v) is 4.63. The molecule has 2 aromatic rings. The van der Waals surface area contributed by atoms with E-state index in [-0.39, 0.29) is 10.7 Å². The second-order valence-corrected chi connectivity index (χ2v) is 6.86. The van der Waals surface area contributed by atoms with E-state index < -0.39 is 15.9 Å². The lowest BCUT2D eigenvalue weighted by Crippen LogP contribution is -2.31. The minimum atomic E-state index is -3.46. The van der Waals surface area contributed by atoms with Gasteiger partial charge < -0.3 is 5.73 Å². The van der Waals surface area contributed by atoms with Crippen molar-refractivity contribution in [1.29, 1.82) is 0 Å². The number of rotatable bonds is 1. The molecule has 0 saturated carbocycles. The number of ketones is 1. The highest BCUT2D eigenvalue weighted by atomic mass is 32.2.